The van der Waals surface area contributed by atoms with E-state index in [1.165, 1.54) is 6.07 Å². The quantitative estimate of drug-likeness (QED) is 0.173. The molecule has 0 bridgehead atoms. The monoisotopic (exact) mass is 408 g/mol. The van der Waals surface area contributed by atoms with Crippen molar-refractivity contribution in [3.63, 3.8) is 0 Å². The first-order valence-corrected chi connectivity index (χ1v) is 8.93. The minimum Gasteiger partial charge on any atom is -0.453 e. The van der Waals surface area contributed by atoms with Crippen molar-refractivity contribution in [3.05, 3.63) is 84.0 Å². The highest BCUT2D eigenvalue weighted by molar-refractivity contribution is 5.98. The zero-order chi connectivity index (χ0) is 21.2. The van der Waals surface area contributed by atoms with Gasteiger partial charge in [0, 0.05) is 21.5 Å². The van der Waals surface area contributed by atoms with E-state index in [1.54, 1.807) is 24.3 Å². The molecule has 30 heavy (non-hydrogen) atoms. The summed E-state index contributed by atoms with van der Waals surface area (Å²) in [5.74, 6) is -5.94. The lowest BCUT2D eigenvalue weighted by molar-refractivity contribution is 0.418. The second kappa shape index (κ2) is 6.35. The van der Waals surface area contributed by atoms with Crippen LogP contribution >= 0.6 is 0 Å². The van der Waals surface area contributed by atoms with Gasteiger partial charge in [0.05, 0.1) is 0 Å². The number of halogens is 4. The average Bonchev–Trinajstić information content (AvgIpc) is 3.36. The summed E-state index contributed by atoms with van der Waals surface area (Å²) < 4.78 is 67.0. The zero-order valence-electron chi connectivity index (χ0n) is 15.4. The van der Waals surface area contributed by atoms with Crippen molar-refractivity contribution in [1.29, 1.82) is 0 Å². The van der Waals surface area contributed by atoms with E-state index < -0.39 is 28.7 Å². The van der Waals surface area contributed by atoms with Crippen LogP contribution in [0.1, 0.15) is 11.1 Å². The van der Waals surface area contributed by atoms with Gasteiger partial charge in [0.2, 0.25) is 0 Å². The smallest absolute Gasteiger partial charge is 0.198 e. The number of hydrogen-bond acceptors (Lipinski definition) is 2. The molecule has 0 N–H and O–H groups in total. The van der Waals surface area contributed by atoms with Gasteiger partial charge in [-0.1, -0.05) is 25.3 Å². The Morgan fingerprint density at radius 1 is 0.567 bits per heavy atom. The van der Waals surface area contributed by atoms with E-state index in [0.717, 1.165) is 22.6 Å². The Labute approximate surface area is 167 Å². The highest BCUT2D eigenvalue weighted by atomic mass is 19.2. The van der Waals surface area contributed by atoms with Gasteiger partial charge in [0.25, 0.3) is 0 Å². The van der Waals surface area contributed by atoms with Gasteiger partial charge in [-0.15, -0.1) is 0 Å². The van der Waals surface area contributed by atoms with Crippen LogP contribution in [0.2, 0.25) is 0 Å². The van der Waals surface area contributed by atoms with Crippen molar-refractivity contribution in [2.75, 3.05) is 0 Å². The molecule has 5 aromatic rings. The Balaban J connectivity index is 1.72. The largest absolute Gasteiger partial charge is 0.453 e. The number of furan rings is 2. The SMILES string of the molecule is C=Cc1cc2cc(-c3cc4cc5c(F)c(F)c(F)c(F)c5cc4o3)oc2cc1C=C. The van der Waals surface area contributed by atoms with Gasteiger partial charge in [0.1, 0.15) is 11.2 Å². The summed E-state index contributed by atoms with van der Waals surface area (Å²) in [6.45, 7) is 7.55. The van der Waals surface area contributed by atoms with Crippen LogP contribution in [-0.2, 0) is 0 Å². The Kier molecular flexibility index (Phi) is 3.86. The lowest BCUT2D eigenvalue weighted by atomic mass is 10.1. The predicted octanol–water partition coefficient (Wildman–Crippen LogP) is 7.84. The van der Waals surface area contributed by atoms with Crippen LogP contribution < -0.4 is 0 Å². The second-order valence-corrected chi connectivity index (χ2v) is 6.84. The molecule has 0 aliphatic rings. The lowest BCUT2D eigenvalue weighted by Crippen LogP contribution is -1.97. The molecular weight excluding hydrogens is 396 g/mol. The van der Waals surface area contributed by atoms with Gasteiger partial charge >= 0.3 is 0 Å². The van der Waals surface area contributed by atoms with Crippen molar-refractivity contribution in [2.24, 2.45) is 0 Å². The first-order chi connectivity index (χ1) is 14.4. The van der Waals surface area contributed by atoms with Crippen LogP contribution in [0.25, 0.3) is 56.4 Å². The first kappa shape index (κ1) is 18.2. The minimum atomic E-state index is -1.86. The molecule has 2 heterocycles. The number of benzene rings is 3. The molecule has 0 spiro atoms. The number of rotatable bonds is 3. The third kappa shape index (κ3) is 2.50. The molecule has 0 saturated heterocycles. The van der Waals surface area contributed by atoms with Crippen LogP contribution in [0.15, 0.2) is 58.4 Å². The van der Waals surface area contributed by atoms with Gasteiger partial charge < -0.3 is 8.83 Å². The van der Waals surface area contributed by atoms with Gasteiger partial charge in [0.15, 0.2) is 34.8 Å². The van der Waals surface area contributed by atoms with Crippen molar-refractivity contribution in [1.82, 2.24) is 0 Å². The standard InChI is InChI=1S/C24H12F4O2/c1-3-11-5-13-8-19(29-17(13)7-12(11)4-2)20-9-14-6-15-16(10-18(14)30-20)22(26)24(28)23(27)21(15)25/h3-10H,1-2H2. The fourth-order valence-electron chi connectivity index (χ4n) is 3.60. The number of fused-ring (bicyclic) bond motifs is 3. The topological polar surface area (TPSA) is 26.3 Å². The molecule has 6 heteroatoms. The molecular formula is C24H12F4O2. The maximum Gasteiger partial charge on any atom is 0.198 e. The number of hydrogen-bond donors (Lipinski definition) is 0. The highest BCUT2D eigenvalue weighted by Gasteiger charge is 2.22. The molecule has 0 radical (unpaired) electrons. The summed E-state index contributed by atoms with van der Waals surface area (Å²) in [6.07, 6.45) is 3.39. The second-order valence-electron chi connectivity index (χ2n) is 6.84. The molecule has 0 unspecified atom stereocenters. The van der Waals surface area contributed by atoms with Crippen molar-refractivity contribution >= 4 is 44.9 Å². The summed E-state index contributed by atoms with van der Waals surface area (Å²) in [7, 11) is 0. The van der Waals surface area contributed by atoms with Gasteiger partial charge in [-0.3, -0.25) is 0 Å². The van der Waals surface area contributed by atoms with Crippen LogP contribution in [0, 0.1) is 23.3 Å². The minimum absolute atomic E-state index is 0.181. The summed E-state index contributed by atoms with van der Waals surface area (Å²) in [5.41, 5.74) is 2.51. The summed E-state index contributed by atoms with van der Waals surface area (Å²) in [4.78, 5) is 0. The third-order valence-electron chi connectivity index (χ3n) is 5.11. The maximum atomic E-state index is 14.1. The molecule has 0 aliphatic heterocycles. The van der Waals surface area contributed by atoms with Gasteiger partial charge in [-0.25, -0.2) is 17.6 Å². The summed E-state index contributed by atoms with van der Waals surface area (Å²) in [5, 5.41) is 0.413. The van der Waals surface area contributed by atoms with Gasteiger partial charge in [-0.05, 0) is 47.5 Å². The van der Waals surface area contributed by atoms with E-state index in [9.17, 15) is 17.6 Å². The van der Waals surface area contributed by atoms with Crippen molar-refractivity contribution < 1.29 is 26.4 Å². The zero-order valence-corrected chi connectivity index (χ0v) is 15.4. The molecule has 5 rings (SSSR count). The fourth-order valence-corrected chi connectivity index (χ4v) is 3.60. The highest BCUT2D eigenvalue weighted by Crippen LogP contribution is 2.37. The van der Waals surface area contributed by atoms with Crippen molar-refractivity contribution in [2.45, 2.75) is 0 Å². The van der Waals surface area contributed by atoms with E-state index in [2.05, 4.69) is 13.2 Å². The predicted molar refractivity (Wildman–Crippen MR) is 109 cm³/mol. The molecule has 0 saturated carbocycles. The van der Waals surface area contributed by atoms with E-state index in [4.69, 9.17) is 8.83 Å². The summed E-state index contributed by atoms with van der Waals surface area (Å²) in [6, 6.07) is 9.38. The molecule has 0 amide bonds. The van der Waals surface area contributed by atoms with Crippen LogP contribution in [0.3, 0.4) is 0 Å². The molecule has 2 nitrogen and oxygen atoms in total. The van der Waals surface area contributed by atoms with Crippen molar-refractivity contribution in [3.8, 4) is 11.5 Å². The molecule has 0 atom stereocenters. The maximum absolute atomic E-state index is 14.1. The van der Waals surface area contributed by atoms with Gasteiger partial charge in [-0.2, -0.15) is 0 Å². The normalized spacial score (nSPS) is 11.6. The Hall–Kier alpha value is -3.80. The third-order valence-corrected chi connectivity index (χ3v) is 5.11. The Morgan fingerprint density at radius 3 is 1.60 bits per heavy atom. The van der Waals surface area contributed by atoms with E-state index in [1.807, 2.05) is 12.1 Å². The van der Waals surface area contributed by atoms with E-state index in [-0.39, 0.29) is 11.0 Å². The molecule has 0 aliphatic carbocycles. The molecule has 2 aromatic heterocycles. The average molecular weight is 408 g/mol. The molecule has 3 aromatic carbocycles. The van der Waals surface area contributed by atoms with Crippen LogP contribution in [0.5, 0.6) is 0 Å². The van der Waals surface area contributed by atoms with E-state index >= 15 is 0 Å². The summed E-state index contributed by atoms with van der Waals surface area (Å²) >= 11 is 0. The Bertz CT molecular complexity index is 1410. The molecule has 148 valence electrons. The first-order valence-electron chi connectivity index (χ1n) is 8.93. The lowest BCUT2D eigenvalue weighted by Gasteiger charge is -2.04. The van der Waals surface area contributed by atoms with Crippen LogP contribution in [0.4, 0.5) is 17.6 Å². The Morgan fingerprint density at radius 2 is 1.03 bits per heavy atom. The fraction of sp³-hybridized carbons (Fsp3) is 0. The van der Waals surface area contributed by atoms with E-state index in [0.29, 0.717) is 22.5 Å². The molecule has 0 fully saturated rings. The van der Waals surface area contributed by atoms with Crippen LogP contribution in [-0.4, -0.2) is 0 Å².